The fraction of sp³-hybridized carbons (Fsp3) is 0.588. The first-order valence-electron chi connectivity index (χ1n) is 7.48. The summed E-state index contributed by atoms with van der Waals surface area (Å²) in [7, 11) is 0. The summed E-state index contributed by atoms with van der Waals surface area (Å²) in [5.74, 6) is -0.144. The van der Waals surface area contributed by atoms with Gasteiger partial charge in [0.05, 0.1) is 5.41 Å². The lowest BCUT2D eigenvalue weighted by atomic mass is 9.74. The zero-order valence-electron chi connectivity index (χ0n) is 13.0. The molecule has 1 aromatic rings. The van der Waals surface area contributed by atoms with Crippen LogP contribution in [-0.2, 0) is 14.9 Å². The third-order valence-electron chi connectivity index (χ3n) is 4.11. The quantitative estimate of drug-likeness (QED) is 0.868. The van der Waals surface area contributed by atoms with E-state index in [0.29, 0.717) is 6.61 Å². The molecule has 116 valence electrons. The summed E-state index contributed by atoms with van der Waals surface area (Å²) in [4.78, 5) is 12.1. The molecule has 1 N–H and O–H groups in total. The fourth-order valence-corrected chi connectivity index (χ4v) is 2.77. The van der Waals surface area contributed by atoms with E-state index in [4.69, 9.17) is 16.3 Å². The van der Waals surface area contributed by atoms with Gasteiger partial charge in [0.25, 0.3) is 0 Å². The van der Waals surface area contributed by atoms with E-state index in [9.17, 15) is 4.79 Å². The number of ether oxygens (including phenoxy) is 1. The van der Waals surface area contributed by atoms with Crippen molar-refractivity contribution >= 4 is 17.6 Å². The van der Waals surface area contributed by atoms with Crippen LogP contribution in [0, 0.1) is 5.41 Å². The van der Waals surface area contributed by atoms with E-state index in [1.54, 1.807) is 0 Å². The van der Waals surface area contributed by atoms with Gasteiger partial charge in [0, 0.05) is 10.4 Å². The van der Waals surface area contributed by atoms with Crippen LogP contribution in [0.4, 0.5) is 0 Å². The summed E-state index contributed by atoms with van der Waals surface area (Å²) in [6, 6.07) is 7.93. The summed E-state index contributed by atoms with van der Waals surface area (Å²) in [5.41, 5.74) is 0.639. The zero-order valence-corrected chi connectivity index (χ0v) is 13.8. The minimum Gasteiger partial charge on any atom is -0.464 e. The minimum absolute atomic E-state index is 0.100. The second kappa shape index (κ2) is 6.37. The fourth-order valence-electron chi connectivity index (χ4n) is 2.65. The highest BCUT2D eigenvalue weighted by Crippen LogP contribution is 2.35. The first kappa shape index (κ1) is 16.3. The molecule has 0 radical (unpaired) electrons. The number of esters is 1. The molecular formula is C17H24ClNO2. The van der Waals surface area contributed by atoms with Crippen molar-refractivity contribution in [3.63, 3.8) is 0 Å². The van der Waals surface area contributed by atoms with Gasteiger partial charge in [0.2, 0.25) is 0 Å². The number of carbonyl (C=O) groups excluding carboxylic acids is 1. The largest absolute Gasteiger partial charge is 0.464 e. The molecule has 2 rings (SSSR count). The van der Waals surface area contributed by atoms with Crippen molar-refractivity contribution in [1.29, 1.82) is 0 Å². The standard InChI is InChI=1S/C17H24ClNO2/c1-16(2,3)15(20)21-12-17(8-10-19-11-9-17)13-4-6-14(18)7-5-13/h4-7,19H,8-12H2,1-3H3. The van der Waals surface area contributed by atoms with E-state index < -0.39 is 5.41 Å². The van der Waals surface area contributed by atoms with Crippen LogP contribution < -0.4 is 5.32 Å². The highest BCUT2D eigenvalue weighted by molar-refractivity contribution is 6.30. The number of piperidine rings is 1. The Bertz CT molecular complexity index is 485. The first-order valence-corrected chi connectivity index (χ1v) is 7.85. The summed E-state index contributed by atoms with van der Waals surface area (Å²) < 4.78 is 5.63. The number of rotatable bonds is 3. The Kier molecular flexibility index (Phi) is 4.95. The van der Waals surface area contributed by atoms with Gasteiger partial charge in [0.15, 0.2) is 0 Å². The van der Waals surface area contributed by atoms with E-state index in [-0.39, 0.29) is 11.4 Å². The maximum Gasteiger partial charge on any atom is 0.311 e. The van der Waals surface area contributed by atoms with Gasteiger partial charge in [-0.2, -0.15) is 0 Å². The Hall–Kier alpha value is -1.06. The summed E-state index contributed by atoms with van der Waals surface area (Å²) >= 11 is 5.99. The molecule has 1 fully saturated rings. The van der Waals surface area contributed by atoms with Crippen LogP contribution in [0.15, 0.2) is 24.3 Å². The molecule has 0 aromatic heterocycles. The van der Waals surface area contributed by atoms with Crippen molar-refractivity contribution in [2.24, 2.45) is 5.41 Å². The van der Waals surface area contributed by atoms with Crippen molar-refractivity contribution < 1.29 is 9.53 Å². The monoisotopic (exact) mass is 309 g/mol. The Morgan fingerprint density at radius 1 is 1.24 bits per heavy atom. The molecule has 0 unspecified atom stereocenters. The van der Waals surface area contributed by atoms with Gasteiger partial charge in [-0.15, -0.1) is 0 Å². The highest BCUT2D eigenvalue weighted by Gasteiger charge is 2.36. The van der Waals surface area contributed by atoms with Crippen LogP contribution in [-0.4, -0.2) is 25.7 Å². The maximum absolute atomic E-state index is 12.1. The normalized spacial score (nSPS) is 18.3. The molecular weight excluding hydrogens is 286 g/mol. The molecule has 1 saturated heterocycles. The summed E-state index contributed by atoms with van der Waals surface area (Å²) in [6.07, 6.45) is 1.93. The molecule has 3 nitrogen and oxygen atoms in total. The Morgan fingerprint density at radius 2 is 1.81 bits per heavy atom. The van der Waals surface area contributed by atoms with Gasteiger partial charge in [-0.1, -0.05) is 23.7 Å². The van der Waals surface area contributed by atoms with E-state index in [1.165, 1.54) is 5.56 Å². The number of hydrogen-bond acceptors (Lipinski definition) is 3. The van der Waals surface area contributed by atoms with Crippen LogP contribution >= 0.6 is 11.6 Å². The average Bonchev–Trinajstić information content (AvgIpc) is 2.45. The van der Waals surface area contributed by atoms with E-state index in [1.807, 2.05) is 32.9 Å². The number of hydrogen-bond donors (Lipinski definition) is 1. The van der Waals surface area contributed by atoms with Crippen LogP contribution in [0.5, 0.6) is 0 Å². The molecule has 0 amide bonds. The second-order valence-electron chi connectivity index (χ2n) is 6.86. The predicted molar refractivity (Wildman–Crippen MR) is 85.6 cm³/mol. The molecule has 0 spiro atoms. The number of benzene rings is 1. The van der Waals surface area contributed by atoms with Crippen LogP contribution in [0.3, 0.4) is 0 Å². The van der Waals surface area contributed by atoms with Crippen molar-refractivity contribution in [2.45, 2.75) is 39.0 Å². The van der Waals surface area contributed by atoms with E-state index in [0.717, 1.165) is 31.0 Å². The number of carbonyl (C=O) groups is 1. The average molecular weight is 310 g/mol. The maximum atomic E-state index is 12.1. The van der Waals surface area contributed by atoms with Crippen molar-refractivity contribution in [3.8, 4) is 0 Å². The molecule has 1 aromatic carbocycles. The van der Waals surface area contributed by atoms with Crippen molar-refractivity contribution in [1.82, 2.24) is 5.32 Å². The smallest absolute Gasteiger partial charge is 0.311 e. The summed E-state index contributed by atoms with van der Waals surface area (Å²) in [6.45, 7) is 7.96. The highest BCUT2D eigenvalue weighted by atomic mass is 35.5. The molecule has 4 heteroatoms. The van der Waals surface area contributed by atoms with Crippen LogP contribution in [0.1, 0.15) is 39.2 Å². The van der Waals surface area contributed by atoms with Gasteiger partial charge in [-0.05, 0) is 64.4 Å². The third-order valence-corrected chi connectivity index (χ3v) is 4.36. The van der Waals surface area contributed by atoms with Gasteiger partial charge < -0.3 is 10.1 Å². The molecule has 1 heterocycles. The SMILES string of the molecule is CC(C)(C)C(=O)OCC1(c2ccc(Cl)cc2)CCNCC1. The number of nitrogens with one attached hydrogen (secondary N) is 1. The molecule has 1 aliphatic rings. The summed E-state index contributed by atoms with van der Waals surface area (Å²) in [5, 5.41) is 4.10. The Balaban J connectivity index is 2.17. The lowest BCUT2D eigenvalue weighted by Gasteiger charge is -2.38. The van der Waals surface area contributed by atoms with Crippen molar-refractivity contribution in [3.05, 3.63) is 34.9 Å². The molecule has 0 aliphatic carbocycles. The zero-order chi connectivity index (χ0) is 15.5. The molecule has 0 atom stereocenters. The van der Waals surface area contributed by atoms with Crippen LogP contribution in [0.2, 0.25) is 5.02 Å². The molecule has 1 aliphatic heterocycles. The predicted octanol–water partition coefficient (Wildman–Crippen LogP) is 3.55. The Morgan fingerprint density at radius 3 is 2.33 bits per heavy atom. The first-order chi connectivity index (χ1) is 9.83. The third kappa shape index (κ3) is 3.98. The van der Waals surface area contributed by atoms with Crippen molar-refractivity contribution in [2.75, 3.05) is 19.7 Å². The second-order valence-corrected chi connectivity index (χ2v) is 7.30. The Labute approximate surface area is 132 Å². The number of halogens is 1. The van der Waals surface area contributed by atoms with E-state index >= 15 is 0 Å². The molecule has 0 saturated carbocycles. The molecule has 21 heavy (non-hydrogen) atoms. The van der Waals surface area contributed by atoms with Gasteiger partial charge in [-0.25, -0.2) is 0 Å². The minimum atomic E-state index is -0.464. The molecule has 0 bridgehead atoms. The van der Waals surface area contributed by atoms with Crippen LogP contribution in [0.25, 0.3) is 0 Å². The topological polar surface area (TPSA) is 38.3 Å². The van der Waals surface area contributed by atoms with Gasteiger partial charge in [-0.3, -0.25) is 4.79 Å². The van der Waals surface area contributed by atoms with E-state index in [2.05, 4.69) is 17.4 Å². The lowest BCUT2D eigenvalue weighted by molar-refractivity contribution is -0.155. The lowest BCUT2D eigenvalue weighted by Crippen LogP contribution is -2.44. The van der Waals surface area contributed by atoms with Gasteiger partial charge >= 0.3 is 5.97 Å². The van der Waals surface area contributed by atoms with Gasteiger partial charge in [0.1, 0.15) is 6.61 Å².